The number of carbonyl (C=O) groups is 2. The van der Waals surface area contributed by atoms with Crippen molar-refractivity contribution in [1.29, 1.82) is 0 Å². The second kappa shape index (κ2) is 6.59. The number of aliphatic carboxylic acids is 1. The van der Waals surface area contributed by atoms with E-state index in [9.17, 15) is 9.59 Å². The van der Waals surface area contributed by atoms with Crippen molar-refractivity contribution in [1.82, 2.24) is 10.2 Å². The molecular formula is C12H22N2O3. The second-order valence-corrected chi connectivity index (χ2v) is 4.72. The van der Waals surface area contributed by atoms with Crippen LogP contribution in [-0.4, -0.2) is 47.1 Å². The van der Waals surface area contributed by atoms with Gasteiger partial charge in [-0.05, 0) is 26.2 Å². The fourth-order valence-electron chi connectivity index (χ4n) is 1.68. The van der Waals surface area contributed by atoms with Crippen molar-refractivity contribution in [3.05, 3.63) is 0 Å². The van der Waals surface area contributed by atoms with Crippen molar-refractivity contribution in [3.8, 4) is 0 Å². The molecule has 0 aliphatic heterocycles. The topological polar surface area (TPSA) is 69.6 Å². The number of carbonyl (C=O) groups excluding carboxylic acids is 1. The summed E-state index contributed by atoms with van der Waals surface area (Å²) in [7, 11) is 0. The summed E-state index contributed by atoms with van der Waals surface area (Å²) in [6.45, 7) is 4.78. The lowest BCUT2D eigenvalue weighted by Crippen LogP contribution is -2.42. The number of hydrogen-bond donors (Lipinski definition) is 2. The highest BCUT2D eigenvalue weighted by molar-refractivity contribution is 5.78. The first-order valence-electron chi connectivity index (χ1n) is 6.28. The van der Waals surface area contributed by atoms with Crippen LogP contribution >= 0.6 is 0 Å². The van der Waals surface area contributed by atoms with Crippen LogP contribution in [-0.2, 0) is 9.59 Å². The lowest BCUT2D eigenvalue weighted by atomic mass is 10.2. The molecule has 0 heterocycles. The van der Waals surface area contributed by atoms with Crippen molar-refractivity contribution < 1.29 is 14.7 Å². The summed E-state index contributed by atoms with van der Waals surface area (Å²) in [4.78, 5) is 24.2. The van der Waals surface area contributed by atoms with E-state index in [1.54, 1.807) is 0 Å². The van der Waals surface area contributed by atoms with E-state index in [1.807, 2.05) is 18.7 Å². The van der Waals surface area contributed by atoms with Crippen molar-refractivity contribution in [2.24, 2.45) is 0 Å². The average molecular weight is 242 g/mol. The Balaban J connectivity index is 2.32. The molecule has 1 aliphatic carbocycles. The zero-order chi connectivity index (χ0) is 12.8. The SMILES string of the molecule is CCC(C)NC(=O)CN(CCC(=O)O)C1CC1. The van der Waals surface area contributed by atoms with Crippen LogP contribution in [0, 0.1) is 0 Å². The third-order valence-electron chi connectivity index (χ3n) is 3.04. The summed E-state index contributed by atoms with van der Waals surface area (Å²) in [5.74, 6) is -0.811. The minimum Gasteiger partial charge on any atom is -0.481 e. The second-order valence-electron chi connectivity index (χ2n) is 4.72. The maximum atomic E-state index is 11.7. The molecular weight excluding hydrogens is 220 g/mol. The van der Waals surface area contributed by atoms with Gasteiger partial charge >= 0.3 is 5.97 Å². The number of carboxylic acids is 1. The first-order chi connectivity index (χ1) is 8.02. The molecule has 2 N–H and O–H groups in total. The predicted molar refractivity (Wildman–Crippen MR) is 64.7 cm³/mol. The normalized spacial score (nSPS) is 16.9. The van der Waals surface area contributed by atoms with Gasteiger partial charge < -0.3 is 10.4 Å². The molecule has 1 unspecified atom stereocenters. The Bertz CT molecular complexity index is 277. The molecule has 5 nitrogen and oxygen atoms in total. The van der Waals surface area contributed by atoms with Gasteiger partial charge in [0.1, 0.15) is 0 Å². The minimum absolute atomic E-state index is 0.00311. The minimum atomic E-state index is -0.807. The molecule has 98 valence electrons. The number of nitrogens with zero attached hydrogens (tertiary/aromatic N) is 1. The molecule has 0 aromatic heterocycles. The van der Waals surface area contributed by atoms with E-state index < -0.39 is 5.97 Å². The summed E-state index contributed by atoms with van der Waals surface area (Å²) >= 11 is 0. The fourth-order valence-corrected chi connectivity index (χ4v) is 1.68. The first kappa shape index (κ1) is 14.0. The average Bonchev–Trinajstić information content (AvgIpc) is 3.07. The van der Waals surface area contributed by atoms with Crippen LogP contribution in [0.5, 0.6) is 0 Å². The Morgan fingerprint density at radius 2 is 2.12 bits per heavy atom. The quantitative estimate of drug-likeness (QED) is 0.662. The van der Waals surface area contributed by atoms with E-state index in [1.165, 1.54) is 0 Å². The number of rotatable bonds is 8. The van der Waals surface area contributed by atoms with E-state index >= 15 is 0 Å². The van der Waals surface area contributed by atoms with Gasteiger partial charge in [0.25, 0.3) is 0 Å². The smallest absolute Gasteiger partial charge is 0.304 e. The van der Waals surface area contributed by atoms with Gasteiger partial charge in [-0.3, -0.25) is 14.5 Å². The third kappa shape index (κ3) is 5.68. The van der Waals surface area contributed by atoms with Gasteiger partial charge in [-0.15, -0.1) is 0 Å². The third-order valence-corrected chi connectivity index (χ3v) is 3.04. The molecule has 1 fully saturated rings. The molecule has 1 aliphatic rings. The first-order valence-corrected chi connectivity index (χ1v) is 6.28. The summed E-state index contributed by atoms with van der Waals surface area (Å²) in [6.07, 6.45) is 3.17. The van der Waals surface area contributed by atoms with Gasteiger partial charge in [-0.1, -0.05) is 6.92 Å². The Hall–Kier alpha value is -1.10. The van der Waals surface area contributed by atoms with Gasteiger partial charge in [0.05, 0.1) is 13.0 Å². The molecule has 1 atom stereocenters. The molecule has 0 spiro atoms. The maximum Gasteiger partial charge on any atom is 0.304 e. The summed E-state index contributed by atoms with van der Waals surface area (Å²) in [5.41, 5.74) is 0. The molecule has 0 saturated heterocycles. The van der Waals surface area contributed by atoms with Crippen molar-refractivity contribution in [3.63, 3.8) is 0 Å². The Morgan fingerprint density at radius 1 is 1.47 bits per heavy atom. The maximum absolute atomic E-state index is 11.7. The van der Waals surface area contributed by atoms with Gasteiger partial charge in [-0.2, -0.15) is 0 Å². The summed E-state index contributed by atoms with van der Waals surface area (Å²) in [6, 6.07) is 0.597. The number of hydrogen-bond acceptors (Lipinski definition) is 3. The van der Waals surface area contributed by atoms with Crippen molar-refractivity contribution in [2.75, 3.05) is 13.1 Å². The molecule has 0 aromatic carbocycles. The van der Waals surface area contributed by atoms with Crippen LogP contribution in [0.3, 0.4) is 0 Å². The van der Waals surface area contributed by atoms with E-state index in [0.29, 0.717) is 19.1 Å². The van der Waals surface area contributed by atoms with E-state index in [2.05, 4.69) is 5.32 Å². The lowest BCUT2D eigenvalue weighted by molar-refractivity contribution is -0.137. The zero-order valence-electron chi connectivity index (χ0n) is 10.6. The number of nitrogens with one attached hydrogen (secondary N) is 1. The summed E-state index contributed by atoms with van der Waals surface area (Å²) in [5, 5.41) is 11.6. The van der Waals surface area contributed by atoms with E-state index in [0.717, 1.165) is 19.3 Å². The highest BCUT2D eigenvalue weighted by Crippen LogP contribution is 2.26. The number of carboxylic acid groups (broad SMARTS) is 1. The van der Waals surface area contributed by atoms with Gasteiger partial charge in [0.2, 0.25) is 5.91 Å². The van der Waals surface area contributed by atoms with Crippen LogP contribution < -0.4 is 5.32 Å². The van der Waals surface area contributed by atoms with E-state index in [-0.39, 0.29) is 18.4 Å². The molecule has 0 aromatic rings. The fraction of sp³-hybridized carbons (Fsp3) is 0.833. The van der Waals surface area contributed by atoms with E-state index in [4.69, 9.17) is 5.11 Å². The van der Waals surface area contributed by atoms with Crippen LogP contribution in [0.25, 0.3) is 0 Å². The molecule has 0 radical (unpaired) electrons. The molecule has 1 saturated carbocycles. The Morgan fingerprint density at radius 3 is 2.59 bits per heavy atom. The Labute approximate surface area is 102 Å². The molecule has 1 rings (SSSR count). The molecule has 1 amide bonds. The van der Waals surface area contributed by atoms with Crippen molar-refractivity contribution >= 4 is 11.9 Å². The van der Waals surface area contributed by atoms with Crippen LogP contribution in [0.15, 0.2) is 0 Å². The molecule has 5 heteroatoms. The highest BCUT2D eigenvalue weighted by Gasteiger charge is 2.30. The molecule has 0 bridgehead atoms. The lowest BCUT2D eigenvalue weighted by Gasteiger charge is -2.21. The monoisotopic (exact) mass is 242 g/mol. The van der Waals surface area contributed by atoms with Crippen LogP contribution in [0.1, 0.15) is 39.5 Å². The highest BCUT2D eigenvalue weighted by atomic mass is 16.4. The standard InChI is InChI=1S/C12H22N2O3/c1-3-9(2)13-11(15)8-14(10-4-5-10)7-6-12(16)17/h9-10H,3-8H2,1-2H3,(H,13,15)(H,16,17). The predicted octanol–water partition coefficient (Wildman–Crippen LogP) is 0.840. The van der Waals surface area contributed by atoms with Crippen LogP contribution in [0.2, 0.25) is 0 Å². The number of amides is 1. The zero-order valence-corrected chi connectivity index (χ0v) is 10.6. The van der Waals surface area contributed by atoms with Gasteiger partial charge in [0.15, 0.2) is 0 Å². The largest absolute Gasteiger partial charge is 0.481 e. The Kier molecular flexibility index (Phi) is 5.41. The van der Waals surface area contributed by atoms with Gasteiger partial charge in [0, 0.05) is 18.6 Å². The summed E-state index contributed by atoms with van der Waals surface area (Å²) < 4.78 is 0. The van der Waals surface area contributed by atoms with Gasteiger partial charge in [-0.25, -0.2) is 0 Å². The van der Waals surface area contributed by atoms with Crippen molar-refractivity contribution in [2.45, 2.75) is 51.6 Å². The molecule has 17 heavy (non-hydrogen) atoms. The van der Waals surface area contributed by atoms with Crippen LogP contribution in [0.4, 0.5) is 0 Å².